The lowest BCUT2D eigenvalue weighted by molar-refractivity contribution is -0.122. The Bertz CT molecular complexity index is 1180. The van der Waals surface area contributed by atoms with Crippen LogP contribution in [0.2, 0.25) is 0 Å². The third-order valence-electron chi connectivity index (χ3n) is 6.54. The van der Waals surface area contributed by atoms with E-state index in [1.807, 2.05) is 25.3 Å². The van der Waals surface area contributed by atoms with Crippen LogP contribution in [0.5, 0.6) is 0 Å². The van der Waals surface area contributed by atoms with Gasteiger partial charge in [0.25, 0.3) is 11.5 Å². The van der Waals surface area contributed by atoms with Gasteiger partial charge < -0.3 is 4.90 Å². The van der Waals surface area contributed by atoms with Gasteiger partial charge in [-0.2, -0.15) is 0 Å². The number of aromatic nitrogens is 2. The molecule has 0 N–H and O–H groups in total. The molecule has 0 saturated carbocycles. The van der Waals surface area contributed by atoms with E-state index in [0.717, 1.165) is 50.8 Å². The fourth-order valence-electron chi connectivity index (χ4n) is 4.97. The van der Waals surface area contributed by atoms with Gasteiger partial charge in [-0.25, -0.2) is 4.98 Å². The summed E-state index contributed by atoms with van der Waals surface area (Å²) in [6, 6.07) is 3.85. The van der Waals surface area contributed by atoms with Gasteiger partial charge in [0.05, 0.1) is 10.5 Å². The van der Waals surface area contributed by atoms with Crippen molar-refractivity contribution in [1.82, 2.24) is 14.3 Å². The number of unbranched alkanes of at least 4 members (excludes halogenated alkanes) is 3. The van der Waals surface area contributed by atoms with Gasteiger partial charge in [-0.15, -0.1) is 0 Å². The van der Waals surface area contributed by atoms with E-state index in [4.69, 9.17) is 17.2 Å². The summed E-state index contributed by atoms with van der Waals surface area (Å²) in [4.78, 5) is 36.2. The first-order valence-corrected chi connectivity index (χ1v) is 13.5. The second kappa shape index (κ2) is 10.6. The lowest BCUT2D eigenvalue weighted by Crippen LogP contribution is -2.40. The number of hydrogen-bond donors (Lipinski definition) is 0. The van der Waals surface area contributed by atoms with Gasteiger partial charge in [-0.1, -0.05) is 70.1 Å². The number of hydrogen-bond acceptors (Lipinski definition) is 6. The maximum Gasteiger partial charge on any atom is 0.267 e. The minimum Gasteiger partial charge on any atom is -0.355 e. The van der Waals surface area contributed by atoms with Gasteiger partial charge in [-0.05, 0) is 49.3 Å². The van der Waals surface area contributed by atoms with Gasteiger partial charge >= 0.3 is 0 Å². The maximum atomic E-state index is 13.7. The monoisotopic (exact) mass is 498 g/mol. The average molecular weight is 499 g/mol. The minimum absolute atomic E-state index is 0.105. The van der Waals surface area contributed by atoms with Gasteiger partial charge in [0.15, 0.2) is 0 Å². The molecule has 2 atom stereocenters. The van der Waals surface area contributed by atoms with Crippen molar-refractivity contribution in [2.75, 3.05) is 24.5 Å². The van der Waals surface area contributed by atoms with Crippen LogP contribution in [0, 0.1) is 18.8 Å². The third kappa shape index (κ3) is 5.23. The van der Waals surface area contributed by atoms with E-state index < -0.39 is 0 Å². The highest BCUT2D eigenvalue weighted by molar-refractivity contribution is 8.26. The van der Waals surface area contributed by atoms with E-state index in [9.17, 15) is 9.59 Å². The molecule has 0 bridgehead atoms. The van der Waals surface area contributed by atoms with E-state index in [1.54, 1.807) is 15.4 Å². The van der Waals surface area contributed by atoms with Crippen LogP contribution in [0.3, 0.4) is 0 Å². The number of anilines is 1. The van der Waals surface area contributed by atoms with Crippen molar-refractivity contribution in [3.05, 3.63) is 44.7 Å². The molecule has 2 aromatic rings. The van der Waals surface area contributed by atoms with E-state index in [-0.39, 0.29) is 11.5 Å². The highest BCUT2D eigenvalue weighted by atomic mass is 32.2. The van der Waals surface area contributed by atoms with Crippen molar-refractivity contribution in [2.45, 2.75) is 59.8 Å². The number of rotatable bonds is 7. The van der Waals surface area contributed by atoms with Gasteiger partial charge in [0.1, 0.15) is 15.8 Å². The molecule has 182 valence electrons. The first kappa shape index (κ1) is 24.9. The first-order chi connectivity index (χ1) is 16.3. The quantitative estimate of drug-likeness (QED) is 0.295. The summed E-state index contributed by atoms with van der Waals surface area (Å²) in [6.07, 6.45) is 9.02. The molecule has 2 fully saturated rings. The van der Waals surface area contributed by atoms with Crippen LogP contribution in [0.4, 0.5) is 5.82 Å². The number of pyridine rings is 1. The van der Waals surface area contributed by atoms with Crippen LogP contribution in [0.15, 0.2) is 28.0 Å². The molecule has 34 heavy (non-hydrogen) atoms. The Morgan fingerprint density at radius 1 is 1.15 bits per heavy atom. The molecule has 1 amide bonds. The second-order valence-corrected chi connectivity index (χ2v) is 11.5. The molecule has 2 saturated heterocycles. The number of amides is 1. The van der Waals surface area contributed by atoms with Gasteiger partial charge in [0, 0.05) is 25.8 Å². The fourth-order valence-corrected chi connectivity index (χ4v) is 6.26. The Morgan fingerprint density at radius 3 is 2.59 bits per heavy atom. The number of thiocarbonyl (C=S) groups is 1. The Labute approximate surface area is 211 Å². The lowest BCUT2D eigenvalue weighted by atomic mass is 9.91. The topological polar surface area (TPSA) is 57.9 Å². The van der Waals surface area contributed by atoms with Crippen molar-refractivity contribution in [3.8, 4) is 0 Å². The zero-order valence-corrected chi connectivity index (χ0v) is 22.2. The molecule has 0 aliphatic carbocycles. The Morgan fingerprint density at radius 2 is 1.88 bits per heavy atom. The fraction of sp³-hybridized carbons (Fsp3) is 0.538. The van der Waals surface area contributed by atoms with Gasteiger partial charge in [0.2, 0.25) is 0 Å². The largest absolute Gasteiger partial charge is 0.355 e. The number of thioether (sulfide) groups is 1. The minimum atomic E-state index is -0.150. The zero-order chi connectivity index (χ0) is 24.4. The smallest absolute Gasteiger partial charge is 0.267 e. The summed E-state index contributed by atoms with van der Waals surface area (Å²) in [5, 5.41) is 0. The molecular formula is C26H34N4O2S2. The molecule has 0 radical (unpaired) electrons. The number of carbonyl (C=O) groups excluding carboxylic acids is 1. The molecule has 0 spiro atoms. The van der Waals surface area contributed by atoms with Crippen LogP contribution in [0.25, 0.3) is 11.7 Å². The van der Waals surface area contributed by atoms with Crippen LogP contribution < -0.4 is 10.5 Å². The summed E-state index contributed by atoms with van der Waals surface area (Å²) >= 11 is 6.81. The maximum absolute atomic E-state index is 13.7. The van der Waals surface area contributed by atoms with E-state index in [2.05, 4.69) is 25.7 Å². The normalized spacial score (nSPS) is 22.4. The highest BCUT2D eigenvalue weighted by Gasteiger charge is 2.33. The number of fused-ring (bicyclic) bond motifs is 1. The number of piperidine rings is 1. The summed E-state index contributed by atoms with van der Waals surface area (Å²) in [5.41, 5.74) is 1.92. The predicted molar refractivity (Wildman–Crippen MR) is 145 cm³/mol. The van der Waals surface area contributed by atoms with Crippen molar-refractivity contribution >= 4 is 51.7 Å². The van der Waals surface area contributed by atoms with Crippen molar-refractivity contribution < 1.29 is 4.79 Å². The van der Waals surface area contributed by atoms with E-state index in [1.165, 1.54) is 11.8 Å². The summed E-state index contributed by atoms with van der Waals surface area (Å²) in [5.74, 6) is 1.58. The van der Waals surface area contributed by atoms with Crippen molar-refractivity contribution in [1.29, 1.82) is 0 Å². The molecule has 8 heteroatoms. The lowest BCUT2D eigenvalue weighted by Gasteiger charge is -2.36. The zero-order valence-electron chi connectivity index (χ0n) is 20.5. The Hall–Kier alpha value is -2.19. The van der Waals surface area contributed by atoms with Crippen LogP contribution >= 0.6 is 24.0 Å². The van der Waals surface area contributed by atoms with Crippen molar-refractivity contribution in [3.63, 3.8) is 0 Å². The molecule has 4 rings (SSSR count). The first-order valence-electron chi connectivity index (χ1n) is 12.3. The van der Waals surface area contributed by atoms with E-state index >= 15 is 0 Å². The third-order valence-corrected chi connectivity index (χ3v) is 7.92. The van der Waals surface area contributed by atoms with Gasteiger partial charge in [-0.3, -0.25) is 18.9 Å². The molecule has 2 aliphatic rings. The molecule has 0 aromatic carbocycles. The average Bonchev–Trinajstić information content (AvgIpc) is 3.05. The number of nitrogens with zero attached hydrogens (tertiary/aromatic N) is 4. The molecular weight excluding hydrogens is 464 g/mol. The van der Waals surface area contributed by atoms with Crippen LogP contribution in [0.1, 0.15) is 64.0 Å². The molecule has 6 nitrogen and oxygen atoms in total. The number of carbonyl (C=O) groups is 1. The molecule has 2 unspecified atom stereocenters. The van der Waals surface area contributed by atoms with Crippen LogP contribution in [-0.4, -0.2) is 44.1 Å². The second-order valence-electron chi connectivity index (χ2n) is 9.83. The number of aryl methyl sites for hydroxylation is 1. The summed E-state index contributed by atoms with van der Waals surface area (Å²) in [6.45, 7) is 10.9. The summed E-state index contributed by atoms with van der Waals surface area (Å²) in [7, 11) is 0. The molecule has 2 aliphatic heterocycles. The van der Waals surface area contributed by atoms with E-state index in [0.29, 0.717) is 44.6 Å². The van der Waals surface area contributed by atoms with Crippen molar-refractivity contribution in [2.24, 2.45) is 11.8 Å². The Kier molecular flexibility index (Phi) is 7.77. The van der Waals surface area contributed by atoms with Crippen LogP contribution in [-0.2, 0) is 4.79 Å². The SMILES string of the molecule is CCCCCCN1C(=O)/C(=C\c2c(N3CC(C)CC(C)C3)nc3ccc(C)cn3c2=O)SC1=S. The molecule has 2 aromatic heterocycles. The Balaban J connectivity index is 1.75. The standard InChI is InChI=1S/C26H34N4O2S2/c1-5-6-7-8-11-29-25(32)21(34-26(29)33)13-20-23(28-14-18(3)12-19(4)15-28)27-22-10-9-17(2)16-30(22)24(20)31/h9-10,13,16,18-19H,5-8,11-12,14-15H2,1-4H3/b21-13+. The predicted octanol–water partition coefficient (Wildman–Crippen LogP) is 5.27. The molecule has 4 heterocycles. The highest BCUT2D eigenvalue weighted by Crippen LogP contribution is 2.34. The summed E-state index contributed by atoms with van der Waals surface area (Å²) < 4.78 is 2.16.